The van der Waals surface area contributed by atoms with Gasteiger partial charge >= 0.3 is 0 Å². The monoisotopic (exact) mass is 312 g/mol. The number of tetrazole rings is 1. The van der Waals surface area contributed by atoms with E-state index in [1.165, 1.54) is 10.9 Å². The molecule has 0 saturated heterocycles. The van der Waals surface area contributed by atoms with Crippen molar-refractivity contribution in [3.63, 3.8) is 0 Å². The third-order valence-electron chi connectivity index (χ3n) is 2.65. The first-order chi connectivity index (χ1) is 8.67. The van der Waals surface area contributed by atoms with Gasteiger partial charge in [-0.05, 0) is 35.2 Å². The molecule has 0 spiro atoms. The molecule has 0 amide bonds. The van der Waals surface area contributed by atoms with Gasteiger partial charge in [0.15, 0.2) is 5.82 Å². The Hall–Kier alpha value is -1.30. The maximum Gasteiger partial charge on any atom is 0.175 e. The molecule has 2 rings (SSSR count). The summed E-state index contributed by atoms with van der Waals surface area (Å²) >= 11 is 3.48. The number of nitrogens with zero attached hydrogens (tertiary/aromatic N) is 4. The van der Waals surface area contributed by atoms with Crippen molar-refractivity contribution in [1.29, 1.82) is 0 Å². The van der Waals surface area contributed by atoms with Crippen molar-refractivity contribution in [2.24, 2.45) is 13.0 Å². The third-order valence-corrected chi connectivity index (χ3v) is 3.57. The first-order valence-electron chi connectivity index (χ1n) is 5.70. The zero-order chi connectivity index (χ0) is 13.0. The van der Waals surface area contributed by atoms with Crippen LogP contribution in [-0.2, 0) is 19.9 Å². The summed E-state index contributed by atoms with van der Waals surface area (Å²) in [4.78, 5) is 1.45. The highest BCUT2D eigenvalue weighted by molar-refractivity contribution is 9.09. The molecule has 6 heteroatoms. The molecule has 0 bridgehead atoms. The highest BCUT2D eigenvalue weighted by atomic mass is 79.9. The van der Waals surface area contributed by atoms with Gasteiger partial charge in [0.25, 0.3) is 0 Å². The first kappa shape index (κ1) is 13.1. The maximum absolute atomic E-state index is 13.1. The average molecular weight is 313 g/mol. The molecule has 1 aromatic heterocycles. The molecule has 18 heavy (non-hydrogen) atoms. The topological polar surface area (TPSA) is 43.6 Å². The van der Waals surface area contributed by atoms with Crippen LogP contribution in [0.15, 0.2) is 24.3 Å². The Morgan fingerprint density at radius 2 is 2.22 bits per heavy atom. The summed E-state index contributed by atoms with van der Waals surface area (Å²) in [6, 6.07) is 6.69. The van der Waals surface area contributed by atoms with Crippen LogP contribution in [0, 0.1) is 11.7 Å². The van der Waals surface area contributed by atoms with E-state index in [-0.39, 0.29) is 5.82 Å². The van der Waals surface area contributed by atoms with Crippen LogP contribution in [0.2, 0.25) is 0 Å². The van der Waals surface area contributed by atoms with E-state index < -0.39 is 0 Å². The number of rotatable bonds is 5. The molecule has 0 aliphatic rings. The number of hydrogen-bond donors (Lipinski definition) is 0. The lowest BCUT2D eigenvalue weighted by Gasteiger charge is -2.11. The molecule has 4 nitrogen and oxygen atoms in total. The zero-order valence-corrected chi connectivity index (χ0v) is 11.6. The third kappa shape index (κ3) is 3.60. The van der Waals surface area contributed by atoms with E-state index in [1.54, 1.807) is 19.2 Å². The predicted octanol–water partition coefficient (Wildman–Crippen LogP) is 2.15. The van der Waals surface area contributed by atoms with Crippen LogP contribution >= 0.6 is 15.9 Å². The first-order valence-corrected chi connectivity index (χ1v) is 6.83. The van der Waals surface area contributed by atoms with Crippen molar-refractivity contribution in [2.75, 3.05) is 5.33 Å². The van der Waals surface area contributed by atoms with E-state index >= 15 is 0 Å². The van der Waals surface area contributed by atoms with Gasteiger partial charge < -0.3 is 0 Å². The molecule has 2 aromatic rings. The quantitative estimate of drug-likeness (QED) is 0.795. The Labute approximate surface area is 113 Å². The summed E-state index contributed by atoms with van der Waals surface area (Å²) in [5.74, 6) is 0.854. The second kappa shape index (κ2) is 6.04. The van der Waals surface area contributed by atoms with Gasteiger partial charge in [-0.15, -0.1) is 10.2 Å². The fraction of sp³-hybridized carbons (Fsp3) is 0.417. The van der Waals surface area contributed by atoms with Crippen LogP contribution < -0.4 is 0 Å². The van der Waals surface area contributed by atoms with Gasteiger partial charge in [-0.25, -0.2) is 4.39 Å². The summed E-state index contributed by atoms with van der Waals surface area (Å²) in [5.41, 5.74) is 0.989. The predicted molar refractivity (Wildman–Crippen MR) is 69.9 cm³/mol. The lowest BCUT2D eigenvalue weighted by Crippen LogP contribution is -2.11. The molecule has 96 valence electrons. The van der Waals surface area contributed by atoms with Gasteiger partial charge in [-0.1, -0.05) is 28.1 Å². The molecule has 1 aromatic carbocycles. The standard InChI is InChI=1S/C12H14BrFN4/c1-18-16-12(15-17-18)7-10(8-13)5-9-3-2-4-11(14)6-9/h2-4,6,10H,5,7-8H2,1H3. The SMILES string of the molecule is Cn1nnc(CC(CBr)Cc2cccc(F)c2)n1. The minimum Gasteiger partial charge on any atom is -0.207 e. The van der Waals surface area contributed by atoms with E-state index in [9.17, 15) is 4.39 Å². The second-order valence-corrected chi connectivity index (χ2v) is 4.90. The maximum atomic E-state index is 13.1. The van der Waals surface area contributed by atoms with Crippen molar-refractivity contribution >= 4 is 15.9 Å². The molecule has 0 fully saturated rings. The van der Waals surface area contributed by atoms with E-state index in [1.807, 2.05) is 6.07 Å². The molecular formula is C12H14BrFN4. The van der Waals surface area contributed by atoms with Gasteiger partial charge in [-0.2, -0.15) is 4.80 Å². The Morgan fingerprint density at radius 1 is 1.39 bits per heavy atom. The van der Waals surface area contributed by atoms with Gasteiger partial charge in [0.05, 0.1) is 7.05 Å². The van der Waals surface area contributed by atoms with Crippen LogP contribution in [0.25, 0.3) is 0 Å². The zero-order valence-electron chi connectivity index (χ0n) is 10.1. The summed E-state index contributed by atoms with van der Waals surface area (Å²) in [7, 11) is 1.74. The van der Waals surface area contributed by atoms with Crippen molar-refractivity contribution < 1.29 is 4.39 Å². The Balaban J connectivity index is 2.01. The van der Waals surface area contributed by atoms with Crippen molar-refractivity contribution in [3.05, 3.63) is 41.5 Å². The molecule has 0 saturated carbocycles. The van der Waals surface area contributed by atoms with Crippen molar-refractivity contribution in [3.8, 4) is 0 Å². The molecule has 1 heterocycles. The van der Waals surface area contributed by atoms with Crippen LogP contribution in [0.4, 0.5) is 4.39 Å². The van der Waals surface area contributed by atoms with Crippen LogP contribution in [-0.4, -0.2) is 25.5 Å². The Kier molecular flexibility index (Phi) is 4.41. The minimum atomic E-state index is -0.196. The fourth-order valence-corrected chi connectivity index (χ4v) is 2.30. The number of aromatic nitrogens is 4. The number of aryl methyl sites for hydroxylation is 1. The summed E-state index contributed by atoms with van der Waals surface area (Å²) in [5, 5.41) is 12.8. The van der Waals surface area contributed by atoms with Gasteiger partial charge in [0.1, 0.15) is 5.82 Å². The summed E-state index contributed by atoms with van der Waals surface area (Å²) in [6.07, 6.45) is 1.52. The lowest BCUT2D eigenvalue weighted by atomic mass is 9.98. The van der Waals surface area contributed by atoms with E-state index in [4.69, 9.17) is 0 Å². The molecule has 0 N–H and O–H groups in total. The van der Waals surface area contributed by atoms with Gasteiger partial charge in [0.2, 0.25) is 0 Å². The smallest absolute Gasteiger partial charge is 0.175 e. The molecule has 0 radical (unpaired) electrons. The Bertz CT molecular complexity index is 514. The Morgan fingerprint density at radius 3 is 2.83 bits per heavy atom. The number of alkyl halides is 1. The normalized spacial score (nSPS) is 12.6. The lowest BCUT2D eigenvalue weighted by molar-refractivity contribution is 0.562. The molecule has 0 aliphatic heterocycles. The number of benzene rings is 1. The fourth-order valence-electron chi connectivity index (χ4n) is 1.84. The van der Waals surface area contributed by atoms with Crippen LogP contribution in [0.5, 0.6) is 0 Å². The number of hydrogen-bond acceptors (Lipinski definition) is 3. The largest absolute Gasteiger partial charge is 0.207 e. The van der Waals surface area contributed by atoms with E-state index in [2.05, 4.69) is 31.3 Å². The molecule has 1 unspecified atom stereocenters. The van der Waals surface area contributed by atoms with Crippen molar-refractivity contribution in [1.82, 2.24) is 20.2 Å². The van der Waals surface area contributed by atoms with Gasteiger partial charge in [-0.3, -0.25) is 0 Å². The van der Waals surface area contributed by atoms with E-state index in [0.29, 0.717) is 5.92 Å². The molecule has 0 aliphatic carbocycles. The molecule has 1 atom stereocenters. The second-order valence-electron chi connectivity index (χ2n) is 4.25. The van der Waals surface area contributed by atoms with Crippen LogP contribution in [0.3, 0.4) is 0 Å². The highest BCUT2D eigenvalue weighted by Gasteiger charge is 2.13. The van der Waals surface area contributed by atoms with Crippen molar-refractivity contribution in [2.45, 2.75) is 12.8 Å². The average Bonchev–Trinajstić information content (AvgIpc) is 2.74. The number of halogens is 2. The summed E-state index contributed by atoms with van der Waals surface area (Å²) < 4.78 is 13.1. The van der Waals surface area contributed by atoms with Crippen LogP contribution in [0.1, 0.15) is 11.4 Å². The van der Waals surface area contributed by atoms with E-state index in [0.717, 1.165) is 29.6 Å². The highest BCUT2D eigenvalue weighted by Crippen LogP contribution is 2.15. The van der Waals surface area contributed by atoms with Gasteiger partial charge in [0, 0.05) is 11.8 Å². The summed E-state index contributed by atoms with van der Waals surface area (Å²) in [6.45, 7) is 0. The molecular weight excluding hydrogens is 299 g/mol. The minimum absolute atomic E-state index is 0.196.